The lowest BCUT2D eigenvalue weighted by Crippen LogP contribution is -2.56. The molecule has 5 heterocycles. The van der Waals surface area contributed by atoms with E-state index in [1.807, 2.05) is 30.0 Å². The van der Waals surface area contributed by atoms with E-state index in [2.05, 4.69) is 31.2 Å². The molecule has 248 valence electrons. The molecule has 3 atom stereocenters. The minimum atomic E-state index is -0.422. The van der Waals surface area contributed by atoms with E-state index in [4.69, 9.17) is 19.2 Å². The lowest BCUT2D eigenvalue weighted by Gasteiger charge is -2.43. The smallest absolute Gasteiger partial charge is 0.239 e. The number of piperidine rings is 1. The topological polar surface area (TPSA) is 149 Å². The fraction of sp³-hybridized carbons (Fsp3) is 0.500. The number of aliphatic hydroxyl groups is 1. The van der Waals surface area contributed by atoms with Gasteiger partial charge in [0.05, 0.1) is 50.1 Å². The molecule has 3 aromatic rings. The average molecular weight is 643 g/mol. The van der Waals surface area contributed by atoms with Crippen molar-refractivity contribution in [1.29, 1.82) is 5.26 Å². The van der Waals surface area contributed by atoms with Crippen LogP contribution in [0.2, 0.25) is 0 Å². The number of benzene rings is 1. The first-order valence-electron chi connectivity index (χ1n) is 16.2. The minimum absolute atomic E-state index is 0.0269. The van der Waals surface area contributed by atoms with Gasteiger partial charge in [-0.1, -0.05) is 6.92 Å². The summed E-state index contributed by atoms with van der Waals surface area (Å²) in [5.41, 5.74) is 2.75. The van der Waals surface area contributed by atoms with Crippen molar-refractivity contribution in [3.05, 3.63) is 48.2 Å². The molecule has 1 amide bonds. The predicted molar refractivity (Wildman–Crippen MR) is 176 cm³/mol. The van der Waals surface area contributed by atoms with Crippen LogP contribution in [0.4, 0.5) is 17.5 Å². The Hall–Kier alpha value is -4.51. The second-order valence-corrected chi connectivity index (χ2v) is 12.4. The summed E-state index contributed by atoms with van der Waals surface area (Å²) >= 11 is 0. The third-order valence-electron chi connectivity index (χ3n) is 9.22. The molecule has 3 aliphatic rings. The summed E-state index contributed by atoms with van der Waals surface area (Å²) in [6.45, 7) is 9.48. The molecule has 3 saturated heterocycles. The van der Waals surface area contributed by atoms with Crippen LogP contribution in [0.15, 0.2) is 42.6 Å². The lowest BCUT2D eigenvalue weighted by molar-refractivity contribution is -0.140. The third-order valence-corrected chi connectivity index (χ3v) is 9.22. The second-order valence-electron chi connectivity index (χ2n) is 12.4. The number of methoxy groups -OCH3 is 1. The van der Waals surface area contributed by atoms with E-state index in [0.29, 0.717) is 60.1 Å². The zero-order valence-corrected chi connectivity index (χ0v) is 27.1. The van der Waals surface area contributed by atoms with Gasteiger partial charge in [-0.15, -0.1) is 0 Å². The summed E-state index contributed by atoms with van der Waals surface area (Å²) in [5, 5.41) is 22.5. The average Bonchev–Trinajstić information content (AvgIpc) is 3.07. The van der Waals surface area contributed by atoms with Crippen LogP contribution >= 0.6 is 0 Å². The Morgan fingerprint density at radius 3 is 2.64 bits per heavy atom. The highest BCUT2D eigenvalue weighted by molar-refractivity contribution is 5.79. The Labute approximate surface area is 275 Å². The van der Waals surface area contributed by atoms with E-state index in [9.17, 15) is 15.2 Å². The van der Waals surface area contributed by atoms with E-state index in [-0.39, 0.29) is 24.7 Å². The number of rotatable bonds is 10. The Bertz CT molecular complexity index is 1600. The quantitative estimate of drug-likeness (QED) is 0.335. The van der Waals surface area contributed by atoms with Crippen LogP contribution < -0.4 is 19.7 Å². The van der Waals surface area contributed by atoms with Crippen LogP contribution in [0.25, 0.3) is 11.3 Å². The normalized spacial score (nSPS) is 21.0. The summed E-state index contributed by atoms with van der Waals surface area (Å²) in [6, 6.07) is 13.9. The van der Waals surface area contributed by atoms with Crippen molar-refractivity contribution in [3.8, 4) is 29.0 Å². The van der Waals surface area contributed by atoms with Crippen molar-refractivity contribution in [2.24, 2.45) is 5.92 Å². The van der Waals surface area contributed by atoms with E-state index in [0.717, 1.165) is 50.6 Å². The molecular weight excluding hydrogens is 600 g/mol. The minimum Gasteiger partial charge on any atom is -0.489 e. The number of nitrogens with one attached hydrogen (secondary N) is 1. The lowest BCUT2D eigenvalue weighted by atomic mass is 9.98. The number of carbonyl (C=O) groups is 1. The van der Waals surface area contributed by atoms with E-state index in [1.165, 1.54) is 0 Å². The highest BCUT2D eigenvalue weighted by Gasteiger charge is 2.32. The number of likely N-dealkylation sites (tertiary alicyclic amines) is 1. The molecule has 0 saturated carbocycles. The van der Waals surface area contributed by atoms with Crippen molar-refractivity contribution in [2.45, 2.75) is 44.9 Å². The maximum atomic E-state index is 12.6. The van der Waals surface area contributed by atoms with Gasteiger partial charge in [-0.2, -0.15) is 10.2 Å². The van der Waals surface area contributed by atoms with Gasteiger partial charge in [0, 0.05) is 63.4 Å². The van der Waals surface area contributed by atoms with Gasteiger partial charge in [0.15, 0.2) is 0 Å². The zero-order valence-electron chi connectivity index (χ0n) is 27.1. The number of aliphatic hydroxyl groups excluding tert-OH is 1. The number of carbonyl (C=O) groups excluding carboxylic acids is 1. The van der Waals surface area contributed by atoms with Crippen LogP contribution in [0.5, 0.6) is 11.6 Å². The Morgan fingerprint density at radius 2 is 1.96 bits per heavy atom. The first-order valence-corrected chi connectivity index (χ1v) is 16.2. The number of amides is 1. The molecule has 1 aromatic carbocycles. The largest absolute Gasteiger partial charge is 0.489 e. The molecule has 2 aromatic heterocycles. The zero-order chi connectivity index (χ0) is 32.9. The molecule has 3 fully saturated rings. The number of hydrogen-bond acceptors (Lipinski definition) is 12. The van der Waals surface area contributed by atoms with Crippen LogP contribution in [0.1, 0.15) is 32.3 Å². The molecule has 6 rings (SSSR count). The van der Waals surface area contributed by atoms with Crippen molar-refractivity contribution in [2.75, 3.05) is 69.9 Å². The van der Waals surface area contributed by atoms with Crippen molar-refractivity contribution in [3.63, 3.8) is 0 Å². The number of anilines is 3. The van der Waals surface area contributed by atoms with Crippen molar-refractivity contribution < 1.29 is 24.1 Å². The van der Waals surface area contributed by atoms with Gasteiger partial charge < -0.3 is 34.4 Å². The fourth-order valence-electron chi connectivity index (χ4n) is 6.33. The molecule has 2 N–H and O–H groups in total. The van der Waals surface area contributed by atoms with Crippen LogP contribution in [-0.4, -0.2) is 114 Å². The molecular formula is C34H42N8O5. The van der Waals surface area contributed by atoms with E-state index >= 15 is 0 Å². The fourth-order valence-corrected chi connectivity index (χ4v) is 6.33. The summed E-state index contributed by atoms with van der Waals surface area (Å²) in [7, 11) is 1.62. The third kappa shape index (κ3) is 7.25. The molecule has 0 bridgehead atoms. The maximum Gasteiger partial charge on any atom is 0.239 e. The van der Waals surface area contributed by atoms with Gasteiger partial charge in [-0.05, 0) is 43.3 Å². The summed E-state index contributed by atoms with van der Waals surface area (Å²) in [4.78, 5) is 32.9. The number of pyridine rings is 1. The number of piperazine rings is 1. The Morgan fingerprint density at radius 1 is 1.15 bits per heavy atom. The second kappa shape index (κ2) is 14.5. The van der Waals surface area contributed by atoms with Crippen molar-refractivity contribution in [1.82, 2.24) is 24.8 Å². The molecule has 3 unspecified atom stereocenters. The van der Waals surface area contributed by atoms with Crippen molar-refractivity contribution >= 4 is 23.4 Å². The number of ether oxygens (including phenoxy) is 3. The molecule has 0 spiro atoms. The molecule has 47 heavy (non-hydrogen) atoms. The Kier molecular flexibility index (Phi) is 10.0. The molecule has 13 heteroatoms. The number of nitriles is 1. The van der Waals surface area contributed by atoms with Crippen LogP contribution in [0, 0.1) is 17.2 Å². The van der Waals surface area contributed by atoms with Gasteiger partial charge in [-0.25, -0.2) is 9.97 Å². The number of aromatic nitrogens is 3. The standard InChI is InChI=1S/C34H42N8O5/c1-22(19-43)33(44)42-11-9-27(16-23(42)2)47-30-6-4-24(17-25(30)18-35)28-8-10-36-34(37-28)39-31-7-5-29(32(38-31)45-3)41-14-12-40(13-15-41)26-20-46-21-26/h4-8,10,17,22-23,26-27,43H,9,11-16,19-21H2,1-3H3,(H,36,37,38,39). The predicted octanol–water partition coefficient (Wildman–Crippen LogP) is 3.07. The summed E-state index contributed by atoms with van der Waals surface area (Å²) in [5.74, 6) is 1.49. The van der Waals surface area contributed by atoms with Gasteiger partial charge >= 0.3 is 0 Å². The highest BCUT2D eigenvalue weighted by atomic mass is 16.5. The molecule has 3 aliphatic heterocycles. The van der Waals surface area contributed by atoms with Gasteiger partial charge in [0.25, 0.3) is 0 Å². The summed E-state index contributed by atoms with van der Waals surface area (Å²) < 4.78 is 17.3. The molecule has 0 aliphatic carbocycles. The highest BCUT2D eigenvalue weighted by Crippen LogP contribution is 2.32. The summed E-state index contributed by atoms with van der Waals surface area (Å²) in [6.07, 6.45) is 2.82. The monoisotopic (exact) mass is 642 g/mol. The van der Waals surface area contributed by atoms with Crippen LogP contribution in [0.3, 0.4) is 0 Å². The van der Waals surface area contributed by atoms with Gasteiger partial charge in [-0.3, -0.25) is 9.69 Å². The molecule has 0 radical (unpaired) electrons. The van der Waals surface area contributed by atoms with E-state index < -0.39 is 5.92 Å². The van der Waals surface area contributed by atoms with Crippen LogP contribution in [-0.2, 0) is 9.53 Å². The maximum absolute atomic E-state index is 12.6. The Balaban J connectivity index is 1.10. The number of hydrogen-bond donors (Lipinski definition) is 2. The van der Waals surface area contributed by atoms with Gasteiger partial charge in [0.2, 0.25) is 17.7 Å². The van der Waals surface area contributed by atoms with Gasteiger partial charge in [0.1, 0.15) is 29.4 Å². The van der Waals surface area contributed by atoms with E-state index in [1.54, 1.807) is 38.4 Å². The first-order chi connectivity index (χ1) is 22.9. The first kappa shape index (κ1) is 32.4. The SMILES string of the molecule is COc1nc(Nc2nccc(-c3ccc(OC4CCN(C(=O)C(C)CO)C(C)C4)c(C#N)c3)n2)ccc1N1CCN(C2COC2)CC1. The molecule has 13 nitrogen and oxygen atoms in total. The number of nitrogens with zero attached hydrogens (tertiary/aromatic N) is 7.